The highest BCUT2D eigenvalue weighted by Gasteiger charge is 2.18. The fourth-order valence-corrected chi connectivity index (χ4v) is 3.64. The Labute approximate surface area is 123 Å². The van der Waals surface area contributed by atoms with E-state index in [2.05, 4.69) is 40.1 Å². The summed E-state index contributed by atoms with van der Waals surface area (Å²) in [5, 5.41) is 4.53. The summed E-state index contributed by atoms with van der Waals surface area (Å²) >= 11 is 1.66. The zero-order valence-electron chi connectivity index (χ0n) is 12.0. The Bertz CT molecular complexity index is 603. The monoisotopic (exact) mass is 291 g/mol. The molecule has 6 heteroatoms. The second kappa shape index (κ2) is 5.54. The van der Waals surface area contributed by atoms with Crippen LogP contribution in [0.5, 0.6) is 0 Å². The predicted molar refractivity (Wildman–Crippen MR) is 85.3 cm³/mol. The summed E-state index contributed by atoms with van der Waals surface area (Å²) in [6, 6.07) is 2.64. The molecule has 1 aliphatic rings. The lowest BCUT2D eigenvalue weighted by molar-refractivity contribution is 0.269. The number of hydrogen-bond acceptors (Lipinski definition) is 6. The molecule has 3 rings (SSSR count). The molecule has 0 spiro atoms. The van der Waals surface area contributed by atoms with Gasteiger partial charge in [-0.25, -0.2) is 4.98 Å². The first-order valence-electron chi connectivity index (χ1n) is 7.15. The third kappa shape index (κ3) is 2.71. The summed E-state index contributed by atoms with van der Waals surface area (Å²) in [6.45, 7) is 7.65. The van der Waals surface area contributed by atoms with Gasteiger partial charge < -0.3 is 11.1 Å². The minimum absolute atomic E-state index is 0.343. The molecule has 108 valence electrons. The molecule has 1 aliphatic heterocycles. The van der Waals surface area contributed by atoms with Crippen molar-refractivity contribution in [2.75, 3.05) is 30.7 Å². The largest absolute Gasteiger partial charge is 0.368 e. The number of hydrogen-bond donors (Lipinski definition) is 2. The van der Waals surface area contributed by atoms with Gasteiger partial charge in [0.05, 0.1) is 5.39 Å². The van der Waals surface area contributed by atoms with Gasteiger partial charge in [-0.1, -0.05) is 0 Å². The van der Waals surface area contributed by atoms with E-state index in [0.29, 0.717) is 12.0 Å². The van der Waals surface area contributed by atoms with E-state index in [0.717, 1.165) is 22.6 Å². The van der Waals surface area contributed by atoms with Crippen LogP contribution >= 0.6 is 11.3 Å². The van der Waals surface area contributed by atoms with Gasteiger partial charge in [0.2, 0.25) is 5.95 Å². The maximum absolute atomic E-state index is 5.80. The van der Waals surface area contributed by atoms with Gasteiger partial charge in [-0.2, -0.15) is 4.98 Å². The number of nitrogens with zero attached hydrogens (tertiary/aromatic N) is 3. The maximum atomic E-state index is 5.80. The molecule has 1 saturated heterocycles. The number of thiophene rings is 1. The van der Waals surface area contributed by atoms with Crippen molar-refractivity contribution >= 4 is 33.3 Å². The van der Waals surface area contributed by atoms with E-state index in [4.69, 9.17) is 5.73 Å². The molecule has 0 aromatic carbocycles. The number of nitrogen functional groups attached to an aromatic ring is 1. The van der Waals surface area contributed by atoms with Gasteiger partial charge in [0, 0.05) is 17.5 Å². The maximum Gasteiger partial charge on any atom is 0.223 e. The van der Waals surface area contributed by atoms with E-state index in [-0.39, 0.29) is 0 Å². The highest BCUT2D eigenvalue weighted by Crippen LogP contribution is 2.29. The SMILES string of the molecule is Cc1cc2c(NCC(C)N3CCCC3)nc(N)nc2s1. The van der Waals surface area contributed by atoms with Crippen LogP contribution < -0.4 is 11.1 Å². The number of nitrogens with one attached hydrogen (secondary N) is 1. The van der Waals surface area contributed by atoms with E-state index in [1.54, 1.807) is 11.3 Å². The van der Waals surface area contributed by atoms with Crippen LogP contribution in [-0.4, -0.2) is 40.5 Å². The van der Waals surface area contributed by atoms with E-state index < -0.39 is 0 Å². The Morgan fingerprint density at radius 3 is 2.90 bits per heavy atom. The van der Waals surface area contributed by atoms with Crippen LogP contribution in [0.25, 0.3) is 10.2 Å². The van der Waals surface area contributed by atoms with E-state index in [9.17, 15) is 0 Å². The minimum atomic E-state index is 0.343. The van der Waals surface area contributed by atoms with Crippen LogP contribution in [0.2, 0.25) is 0 Å². The van der Waals surface area contributed by atoms with Crippen molar-refractivity contribution in [2.24, 2.45) is 0 Å². The number of likely N-dealkylation sites (tertiary alicyclic amines) is 1. The summed E-state index contributed by atoms with van der Waals surface area (Å²) in [6.07, 6.45) is 2.64. The smallest absolute Gasteiger partial charge is 0.223 e. The number of fused-ring (bicyclic) bond motifs is 1. The zero-order valence-corrected chi connectivity index (χ0v) is 12.8. The molecule has 0 aliphatic carbocycles. The van der Waals surface area contributed by atoms with Crippen LogP contribution in [-0.2, 0) is 0 Å². The Morgan fingerprint density at radius 1 is 1.40 bits per heavy atom. The molecular formula is C14H21N5S. The zero-order chi connectivity index (χ0) is 14.1. The first-order chi connectivity index (χ1) is 9.63. The summed E-state index contributed by atoms with van der Waals surface area (Å²) in [7, 11) is 0. The minimum Gasteiger partial charge on any atom is -0.368 e. The molecule has 3 N–H and O–H groups in total. The van der Waals surface area contributed by atoms with Crippen molar-refractivity contribution in [3.8, 4) is 0 Å². The van der Waals surface area contributed by atoms with Crippen molar-refractivity contribution in [1.29, 1.82) is 0 Å². The highest BCUT2D eigenvalue weighted by atomic mass is 32.1. The summed E-state index contributed by atoms with van der Waals surface area (Å²) < 4.78 is 0. The van der Waals surface area contributed by atoms with Crippen LogP contribution in [0.4, 0.5) is 11.8 Å². The molecule has 1 fully saturated rings. The quantitative estimate of drug-likeness (QED) is 0.906. The molecule has 0 bridgehead atoms. The predicted octanol–water partition coefficient (Wildman–Crippen LogP) is 2.48. The van der Waals surface area contributed by atoms with E-state index in [1.807, 2.05) is 0 Å². The molecule has 0 radical (unpaired) electrons. The molecule has 2 aromatic rings. The lowest BCUT2D eigenvalue weighted by atomic mass is 10.3. The van der Waals surface area contributed by atoms with Gasteiger partial charge >= 0.3 is 0 Å². The van der Waals surface area contributed by atoms with Crippen molar-refractivity contribution in [3.63, 3.8) is 0 Å². The van der Waals surface area contributed by atoms with E-state index >= 15 is 0 Å². The van der Waals surface area contributed by atoms with Crippen LogP contribution in [0.1, 0.15) is 24.6 Å². The van der Waals surface area contributed by atoms with Gasteiger partial charge in [0.15, 0.2) is 0 Å². The van der Waals surface area contributed by atoms with Gasteiger partial charge in [0.1, 0.15) is 10.6 Å². The van der Waals surface area contributed by atoms with Crippen molar-refractivity contribution < 1.29 is 0 Å². The van der Waals surface area contributed by atoms with Gasteiger partial charge in [-0.15, -0.1) is 11.3 Å². The Balaban J connectivity index is 1.76. The number of aromatic nitrogens is 2. The van der Waals surface area contributed by atoms with Crippen LogP contribution in [0, 0.1) is 6.92 Å². The Hall–Kier alpha value is -1.40. The van der Waals surface area contributed by atoms with Crippen molar-refractivity contribution in [1.82, 2.24) is 14.9 Å². The number of aryl methyl sites for hydroxylation is 1. The molecule has 3 heterocycles. The lowest BCUT2D eigenvalue weighted by Gasteiger charge is -2.24. The normalized spacial score (nSPS) is 17.7. The first-order valence-corrected chi connectivity index (χ1v) is 7.97. The molecule has 0 amide bonds. The average molecular weight is 291 g/mol. The molecule has 5 nitrogen and oxygen atoms in total. The van der Waals surface area contributed by atoms with Gasteiger partial charge in [-0.3, -0.25) is 4.90 Å². The number of nitrogens with two attached hydrogens (primary N) is 1. The van der Waals surface area contributed by atoms with Crippen LogP contribution in [0.3, 0.4) is 0 Å². The summed E-state index contributed by atoms with van der Waals surface area (Å²) in [5.41, 5.74) is 5.80. The van der Waals surface area contributed by atoms with Crippen molar-refractivity contribution in [3.05, 3.63) is 10.9 Å². The van der Waals surface area contributed by atoms with Gasteiger partial charge in [0.25, 0.3) is 0 Å². The molecule has 1 atom stereocenters. The summed E-state index contributed by atoms with van der Waals surface area (Å²) in [4.78, 5) is 13.4. The Kier molecular flexibility index (Phi) is 3.76. The fourth-order valence-electron chi connectivity index (χ4n) is 2.75. The third-order valence-corrected chi connectivity index (χ3v) is 4.81. The average Bonchev–Trinajstić information content (AvgIpc) is 3.03. The second-order valence-corrected chi connectivity index (χ2v) is 6.71. The van der Waals surface area contributed by atoms with Crippen LogP contribution in [0.15, 0.2) is 6.07 Å². The highest BCUT2D eigenvalue weighted by molar-refractivity contribution is 7.18. The standard InChI is InChI=1S/C14H21N5S/c1-9(19-5-3-4-6-19)8-16-12-11-7-10(2)20-13(11)18-14(15)17-12/h7,9H,3-6,8H2,1-2H3,(H3,15,16,17,18). The molecular weight excluding hydrogens is 270 g/mol. The topological polar surface area (TPSA) is 67.1 Å². The van der Waals surface area contributed by atoms with Crippen molar-refractivity contribution in [2.45, 2.75) is 32.7 Å². The molecule has 0 saturated carbocycles. The summed E-state index contributed by atoms with van der Waals surface area (Å²) in [5.74, 6) is 1.21. The van der Waals surface area contributed by atoms with E-state index in [1.165, 1.54) is 30.8 Å². The third-order valence-electron chi connectivity index (χ3n) is 3.86. The van der Waals surface area contributed by atoms with Gasteiger partial charge in [-0.05, 0) is 45.8 Å². The molecule has 1 unspecified atom stereocenters. The molecule has 20 heavy (non-hydrogen) atoms. The number of anilines is 2. The number of rotatable bonds is 4. The second-order valence-electron chi connectivity index (χ2n) is 5.48. The Morgan fingerprint density at radius 2 is 2.15 bits per heavy atom. The first kappa shape index (κ1) is 13.6. The molecule has 2 aromatic heterocycles. The lowest BCUT2D eigenvalue weighted by Crippen LogP contribution is -2.35. The fraction of sp³-hybridized carbons (Fsp3) is 0.571.